The summed E-state index contributed by atoms with van der Waals surface area (Å²) in [5.41, 5.74) is 3.57. The SMILES string of the molecule is Cc1cccc(OCCNC(=O)c2ccc(CN(c3cc(Cl)ccc3C)S(=O)(=O)c3ccccc3)cc2)c1. The van der Waals surface area contributed by atoms with E-state index in [0.717, 1.165) is 22.4 Å². The molecular weight excluding hydrogens is 520 g/mol. The number of halogens is 1. The maximum atomic E-state index is 13.7. The fourth-order valence-electron chi connectivity index (χ4n) is 3.94. The number of anilines is 1. The van der Waals surface area contributed by atoms with Gasteiger partial charge < -0.3 is 10.1 Å². The van der Waals surface area contributed by atoms with Gasteiger partial charge in [-0.1, -0.05) is 60.1 Å². The maximum Gasteiger partial charge on any atom is 0.264 e. The average molecular weight is 549 g/mol. The van der Waals surface area contributed by atoms with Crippen LogP contribution in [-0.2, 0) is 16.6 Å². The van der Waals surface area contributed by atoms with Gasteiger partial charge in [0.25, 0.3) is 15.9 Å². The van der Waals surface area contributed by atoms with Crippen LogP contribution in [0.3, 0.4) is 0 Å². The molecule has 0 spiro atoms. The van der Waals surface area contributed by atoms with Crippen molar-refractivity contribution in [2.45, 2.75) is 25.3 Å². The van der Waals surface area contributed by atoms with Crippen molar-refractivity contribution in [2.24, 2.45) is 0 Å². The first-order valence-corrected chi connectivity index (χ1v) is 14.0. The van der Waals surface area contributed by atoms with E-state index >= 15 is 0 Å². The van der Waals surface area contributed by atoms with Gasteiger partial charge in [-0.15, -0.1) is 0 Å². The quantitative estimate of drug-likeness (QED) is 0.241. The maximum absolute atomic E-state index is 13.7. The van der Waals surface area contributed by atoms with Crippen LogP contribution < -0.4 is 14.4 Å². The predicted molar refractivity (Wildman–Crippen MR) is 151 cm³/mol. The Kier molecular flexibility index (Phi) is 8.71. The van der Waals surface area contributed by atoms with Crippen molar-refractivity contribution >= 4 is 33.2 Å². The molecule has 0 fully saturated rings. The molecule has 0 atom stereocenters. The summed E-state index contributed by atoms with van der Waals surface area (Å²) >= 11 is 6.23. The molecule has 1 amide bonds. The van der Waals surface area contributed by atoms with Gasteiger partial charge in [-0.2, -0.15) is 0 Å². The van der Waals surface area contributed by atoms with E-state index in [1.165, 1.54) is 4.31 Å². The number of hydrogen-bond acceptors (Lipinski definition) is 4. The van der Waals surface area contributed by atoms with E-state index < -0.39 is 10.0 Å². The summed E-state index contributed by atoms with van der Waals surface area (Å²) in [6, 6.07) is 28.1. The van der Waals surface area contributed by atoms with E-state index in [-0.39, 0.29) is 17.3 Å². The van der Waals surface area contributed by atoms with Crippen LogP contribution in [0.2, 0.25) is 5.02 Å². The van der Waals surface area contributed by atoms with E-state index in [0.29, 0.717) is 29.4 Å². The monoisotopic (exact) mass is 548 g/mol. The highest BCUT2D eigenvalue weighted by molar-refractivity contribution is 7.92. The molecule has 8 heteroatoms. The highest BCUT2D eigenvalue weighted by Crippen LogP contribution is 2.31. The number of amides is 1. The molecule has 0 heterocycles. The van der Waals surface area contributed by atoms with Gasteiger partial charge in [-0.05, 0) is 79.1 Å². The van der Waals surface area contributed by atoms with Gasteiger partial charge >= 0.3 is 0 Å². The number of benzene rings is 4. The van der Waals surface area contributed by atoms with Crippen LogP contribution >= 0.6 is 11.6 Å². The van der Waals surface area contributed by atoms with Crippen molar-refractivity contribution in [3.63, 3.8) is 0 Å². The summed E-state index contributed by atoms with van der Waals surface area (Å²) in [4.78, 5) is 12.8. The van der Waals surface area contributed by atoms with E-state index in [1.54, 1.807) is 72.8 Å². The molecule has 0 aliphatic heterocycles. The second-order valence-electron chi connectivity index (χ2n) is 8.87. The van der Waals surface area contributed by atoms with Crippen LogP contribution in [0.15, 0.2) is 102 Å². The molecule has 0 aliphatic rings. The van der Waals surface area contributed by atoms with E-state index in [2.05, 4.69) is 5.32 Å². The standard InChI is InChI=1S/C30H29ClN2O4S/c1-22-7-6-8-27(19-22)37-18-17-32-30(34)25-14-12-24(13-15-25)21-33(29-20-26(31)16-11-23(29)2)38(35,36)28-9-4-3-5-10-28/h3-16,19-20H,17-18,21H2,1-2H3,(H,32,34). The summed E-state index contributed by atoms with van der Waals surface area (Å²) in [5.74, 6) is 0.525. The first-order chi connectivity index (χ1) is 18.2. The fraction of sp³-hybridized carbons (Fsp3) is 0.167. The van der Waals surface area contributed by atoms with Crippen molar-refractivity contribution in [3.05, 3.63) is 124 Å². The van der Waals surface area contributed by atoms with Crippen LogP contribution in [0, 0.1) is 13.8 Å². The first-order valence-electron chi connectivity index (χ1n) is 12.1. The molecular formula is C30H29ClN2O4S. The molecule has 0 saturated carbocycles. The number of ether oxygens (including phenoxy) is 1. The number of aryl methyl sites for hydroxylation is 2. The summed E-state index contributed by atoms with van der Waals surface area (Å²) in [6.45, 7) is 4.61. The lowest BCUT2D eigenvalue weighted by molar-refractivity contribution is 0.0947. The van der Waals surface area contributed by atoms with Crippen molar-refractivity contribution < 1.29 is 17.9 Å². The van der Waals surface area contributed by atoms with Crippen molar-refractivity contribution in [2.75, 3.05) is 17.5 Å². The van der Waals surface area contributed by atoms with E-state index in [4.69, 9.17) is 16.3 Å². The number of hydrogen-bond donors (Lipinski definition) is 1. The Bertz CT molecular complexity index is 1510. The molecule has 4 aromatic rings. The van der Waals surface area contributed by atoms with Crippen molar-refractivity contribution in [1.29, 1.82) is 0 Å². The molecule has 6 nitrogen and oxygen atoms in total. The number of sulfonamides is 1. The third kappa shape index (κ3) is 6.73. The number of carbonyl (C=O) groups excluding carboxylic acids is 1. The van der Waals surface area contributed by atoms with Gasteiger partial charge in [0, 0.05) is 10.6 Å². The molecule has 38 heavy (non-hydrogen) atoms. The Labute approximate surface area is 228 Å². The summed E-state index contributed by atoms with van der Waals surface area (Å²) in [6.07, 6.45) is 0. The number of nitrogens with one attached hydrogen (secondary N) is 1. The third-order valence-electron chi connectivity index (χ3n) is 5.96. The molecule has 0 saturated heterocycles. The number of rotatable bonds is 10. The topological polar surface area (TPSA) is 75.7 Å². The van der Waals surface area contributed by atoms with Crippen molar-refractivity contribution in [1.82, 2.24) is 5.32 Å². The average Bonchev–Trinajstić information content (AvgIpc) is 2.92. The Morgan fingerprint density at radius 3 is 2.34 bits per heavy atom. The lowest BCUT2D eigenvalue weighted by Gasteiger charge is -2.26. The molecule has 0 aliphatic carbocycles. The number of carbonyl (C=O) groups is 1. The second kappa shape index (κ2) is 12.2. The predicted octanol–water partition coefficient (Wildman–Crippen LogP) is 6.16. The minimum Gasteiger partial charge on any atom is -0.492 e. The largest absolute Gasteiger partial charge is 0.492 e. The first kappa shape index (κ1) is 27.2. The van der Waals surface area contributed by atoms with Crippen molar-refractivity contribution in [3.8, 4) is 5.75 Å². The lowest BCUT2D eigenvalue weighted by Crippen LogP contribution is -2.31. The smallest absolute Gasteiger partial charge is 0.264 e. The molecule has 0 bridgehead atoms. The lowest BCUT2D eigenvalue weighted by atomic mass is 10.1. The minimum absolute atomic E-state index is 0.0740. The molecule has 0 unspecified atom stereocenters. The molecule has 4 rings (SSSR count). The van der Waals surface area contributed by atoms with Crippen LogP contribution in [0.25, 0.3) is 0 Å². The van der Waals surface area contributed by atoms with Gasteiger partial charge in [0.1, 0.15) is 12.4 Å². The van der Waals surface area contributed by atoms with Crippen LogP contribution in [0.5, 0.6) is 5.75 Å². The Balaban J connectivity index is 1.47. The van der Waals surface area contributed by atoms with Crippen LogP contribution in [0.4, 0.5) is 5.69 Å². The van der Waals surface area contributed by atoms with Gasteiger partial charge in [0.2, 0.25) is 0 Å². The van der Waals surface area contributed by atoms with Crippen LogP contribution in [-0.4, -0.2) is 27.5 Å². The third-order valence-corrected chi connectivity index (χ3v) is 7.97. The summed E-state index contributed by atoms with van der Waals surface area (Å²) in [7, 11) is -3.88. The van der Waals surface area contributed by atoms with Gasteiger partial charge in [-0.3, -0.25) is 9.10 Å². The minimum atomic E-state index is -3.88. The highest BCUT2D eigenvalue weighted by Gasteiger charge is 2.26. The fourth-order valence-corrected chi connectivity index (χ4v) is 5.64. The molecule has 4 aromatic carbocycles. The molecule has 0 aromatic heterocycles. The van der Waals surface area contributed by atoms with E-state index in [1.807, 2.05) is 38.1 Å². The zero-order chi connectivity index (χ0) is 27.1. The summed E-state index contributed by atoms with van der Waals surface area (Å²) in [5, 5.41) is 3.29. The summed E-state index contributed by atoms with van der Waals surface area (Å²) < 4.78 is 34.3. The Morgan fingerprint density at radius 1 is 0.895 bits per heavy atom. The number of nitrogens with zero attached hydrogens (tertiary/aromatic N) is 1. The Hall–Kier alpha value is -3.81. The van der Waals surface area contributed by atoms with Gasteiger partial charge in [0.15, 0.2) is 0 Å². The van der Waals surface area contributed by atoms with E-state index in [9.17, 15) is 13.2 Å². The highest BCUT2D eigenvalue weighted by atomic mass is 35.5. The zero-order valence-corrected chi connectivity index (χ0v) is 22.8. The van der Waals surface area contributed by atoms with Gasteiger partial charge in [-0.25, -0.2) is 8.42 Å². The Morgan fingerprint density at radius 2 is 1.63 bits per heavy atom. The zero-order valence-electron chi connectivity index (χ0n) is 21.2. The van der Waals surface area contributed by atoms with Gasteiger partial charge in [0.05, 0.1) is 23.7 Å². The molecule has 0 radical (unpaired) electrons. The normalized spacial score (nSPS) is 11.1. The van der Waals surface area contributed by atoms with Crippen LogP contribution in [0.1, 0.15) is 27.0 Å². The molecule has 196 valence electrons. The molecule has 1 N–H and O–H groups in total. The second-order valence-corrected chi connectivity index (χ2v) is 11.2.